The Balaban J connectivity index is 1.22. The Morgan fingerprint density at radius 2 is 1.74 bits per heavy atom. The topological polar surface area (TPSA) is 93.8 Å². The van der Waals surface area contributed by atoms with Gasteiger partial charge in [0.05, 0.1) is 5.41 Å². The molecule has 8 heteroatoms. The number of amides is 4. The van der Waals surface area contributed by atoms with Crippen LogP contribution in [0.1, 0.15) is 57.1 Å². The molecule has 2 aromatic rings. The van der Waals surface area contributed by atoms with Gasteiger partial charge in [0, 0.05) is 37.4 Å². The van der Waals surface area contributed by atoms with Gasteiger partial charge in [-0.3, -0.25) is 9.59 Å². The van der Waals surface area contributed by atoms with Crippen molar-refractivity contribution < 1.29 is 14.4 Å². The van der Waals surface area contributed by atoms with Gasteiger partial charge in [-0.05, 0) is 76.1 Å². The van der Waals surface area contributed by atoms with Crippen molar-refractivity contribution >= 4 is 23.5 Å². The SMILES string of the molecule is CC1(C)C(=O)N(C2CCN(C(=O)[C@H](CCc3ccccc3)NC(=O)NC[C@@H]3CCCN3)CC2)c2ccccc21. The van der Waals surface area contributed by atoms with E-state index in [-0.39, 0.29) is 29.9 Å². The molecule has 3 aliphatic heterocycles. The van der Waals surface area contributed by atoms with E-state index in [1.165, 1.54) is 0 Å². The Morgan fingerprint density at radius 3 is 2.46 bits per heavy atom. The molecule has 0 aromatic heterocycles. The zero-order valence-electron chi connectivity index (χ0n) is 23.1. The molecular formula is C31H41N5O3. The number of rotatable bonds is 8. The third-order valence-electron chi connectivity index (χ3n) is 8.57. The van der Waals surface area contributed by atoms with Gasteiger partial charge in [-0.2, -0.15) is 0 Å². The summed E-state index contributed by atoms with van der Waals surface area (Å²) in [6.07, 6.45) is 4.83. The van der Waals surface area contributed by atoms with Gasteiger partial charge in [-0.15, -0.1) is 0 Å². The van der Waals surface area contributed by atoms with Gasteiger partial charge < -0.3 is 25.8 Å². The molecule has 2 aromatic carbocycles. The van der Waals surface area contributed by atoms with E-state index in [0.717, 1.165) is 36.2 Å². The third kappa shape index (κ3) is 5.96. The molecule has 5 rings (SSSR count). The molecule has 2 atom stereocenters. The van der Waals surface area contributed by atoms with E-state index in [4.69, 9.17) is 0 Å². The van der Waals surface area contributed by atoms with Crippen molar-refractivity contribution in [3.05, 3.63) is 65.7 Å². The third-order valence-corrected chi connectivity index (χ3v) is 8.57. The fraction of sp³-hybridized carbons (Fsp3) is 0.516. The predicted molar refractivity (Wildman–Crippen MR) is 153 cm³/mol. The summed E-state index contributed by atoms with van der Waals surface area (Å²) in [6, 6.07) is 17.5. The van der Waals surface area contributed by atoms with Crippen molar-refractivity contribution in [2.45, 2.75) is 75.9 Å². The number of anilines is 1. The maximum absolute atomic E-state index is 13.7. The zero-order valence-corrected chi connectivity index (χ0v) is 23.1. The molecule has 0 aliphatic carbocycles. The summed E-state index contributed by atoms with van der Waals surface area (Å²) in [4.78, 5) is 43.7. The minimum absolute atomic E-state index is 0.0491. The number of likely N-dealkylation sites (tertiary alicyclic amines) is 1. The standard InChI is InChI=1S/C31H41N5O3/c1-31(2)25-12-6-7-13-27(25)36(29(31)38)24-16-19-35(20-17-24)28(37)26(15-14-22-9-4-3-5-10-22)34-30(39)33-21-23-11-8-18-32-23/h3-7,9-10,12-13,23-24,26,32H,8,11,14-21H2,1-2H3,(H2,33,34,39)/t23-,26-/m0/s1. The lowest BCUT2D eigenvalue weighted by molar-refractivity contribution is -0.134. The zero-order chi connectivity index (χ0) is 27.4. The molecule has 2 saturated heterocycles. The highest BCUT2D eigenvalue weighted by molar-refractivity contribution is 6.08. The largest absolute Gasteiger partial charge is 0.341 e. The summed E-state index contributed by atoms with van der Waals surface area (Å²) >= 11 is 0. The lowest BCUT2D eigenvalue weighted by Gasteiger charge is -2.38. The number of nitrogens with zero attached hydrogens (tertiary/aromatic N) is 2. The molecule has 39 heavy (non-hydrogen) atoms. The summed E-state index contributed by atoms with van der Waals surface area (Å²) in [5.74, 6) is 0.0799. The second-order valence-electron chi connectivity index (χ2n) is 11.6. The quantitative estimate of drug-likeness (QED) is 0.487. The average Bonchev–Trinajstić information content (AvgIpc) is 3.55. The van der Waals surface area contributed by atoms with Crippen molar-refractivity contribution in [1.29, 1.82) is 0 Å². The van der Waals surface area contributed by atoms with Gasteiger partial charge in [0.25, 0.3) is 0 Å². The van der Waals surface area contributed by atoms with Crippen LogP contribution in [0.4, 0.5) is 10.5 Å². The van der Waals surface area contributed by atoms with Crippen LogP contribution in [0, 0.1) is 0 Å². The number of aryl methyl sites for hydroxylation is 1. The molecule has 0 saturated carbocycles. The van der Waals surface area contributed by atoms with Gasteiger partial charge in [0.2, 0.25) is 11.8 Å². The van der Waals surface area contributed by atoms with Crippen LogP contribution < -0.4 is 20.9 Å². The van der Waals surface area contributed by atoms with Crippen LogP contribution in [-0.2, 0) is 21.4 Å². The number of hydrogen-bond acceptors (Lipinski definition) is 4. The smallest absolute Gasteiger partial charge is 0.315 e. The molecule has 0 spiro atoms. The number of benzene rings is 2. The normalized spacial score (nSPS) is 21.5. The van der Waals surface area contributed by atoms with E-state index >= 15 is 0 Å². The molecule has 3 heterocycles. The minimum Gasteiger partial charge on any atom is -0.341 e. The van der Waals surface area contributed by atoms with Gasteiger partial charge >= 0.3 is 6.03 Å². The molecule has 208 valence electrons. The monoisotopic (exact) mass is 531 g/mol. The molecule has 0 radical (unpaired) electrons. The number of fused-ring (bicyclic) bond motifs is 1. The first-order chi connectivity index (χ1) is 18.8. The maximum atomic E-state index is 13.7. The molecule has 3 N–H and O–H groups in total. The molecule has 4 amide bonds. The fourth-order valence-electron chi connectivity index (χ4n) is 6.23. The van der Waals surface area contributed by atoms with Crippen LogP contribution >= 0.6 is 0 Å². The summed E-state index contributed by atoms with van der Waals surface area (Å²) < 4.78 is 0. The van der Waals surface area contributed by atoms with Crippen LogP contribution in [0.2, 0.25) is 0 Å². The number of carbonyl (C=O) groups is 3. The van der Waals surface area contributed by atoms with Crippen molar-refractivity contribution in [1.82, 2.24) is 20.9 Å². The first-order valence-electron chi connectivity index (χ1n) is 14.4. The van der Waals surface area contributed by atoms with Crippen LogP contribution in [0.3, 0.4) is 0 Å². The highest BCUT2D eigenvalue weighted by Gasteiger charge is 2.46. The number of urea groups is 1. The van der Waals surface area contributed by atoms with Crippen LogP contribution in [0.15, 0.2) is 54.6 Å². The number of carbonyl (C=O) groups excluding carboxylic acids is 3. The van der Waals surface area contributed by atoms with E-state index < -0.39 is 11.5 Å². The Morgan fingerprint density at radius 1 is 1.03 bits per heavy atom. The van der Waals surface area contributed by atoms with Gasteiger partial charge in [0.1, 0.15) is 6.04 Å². The first-order valence-corrected chi connectivity index (χ1v) is 14.4. The molecule has 0 bridgehead atoms. The van der Waals surface area contributed by atoms with Crippen LogP contribution in [-0.4, -0.2) is 67.0 Å². The summed E-state index contributed by atoms with van der Waals surface area (Å²) in [5, 5.41) is 9.30. The van der Waals surface area contributed by atoms with Crippen molar-refractivity contribution in [2.24, 2.45) is 0 Å². The lowest BCUT2D eigenvalue weighted by atomic mass is 9.86. The van der Waals surface area contributed by atoms with Crippen molar-refractivity contribution in [3.8, 4) is 0 Å². The number of piperidine rings is 1. The number of nitrogens with one attached hydrogen (secondary N) is 3. The summed E-state index contributed by atoms with van der Waals surface area (Å²) in [7, 11) is 0. The van der Waals surface area contributed by atoms with E-state index in [1.54, 1.807) is 0 Å². The Hall–Kier alpha value is -3.39. The molecule has 2 fully saturated rings. The average molecular weight is 532 g/mol. The number of para-hydroxylation sites is 1. The highest BCUT2D eigenvalue weighted by atomic mass is 16.2. The predicted octanol–water partition coefficient (Wildman–Crippen LogP) is 3.35. The van der Waals surface area contributed by atoms with Gasteiger partial charge in [-0.1, -0.05) is 48.5 Å². The van der Waals surface area contributed by atoms with Crippen molar-refractivity contribution in [2.75, 3.05) is 31.1 Å². The van der Waals surface area contributed by atoms with Crippen molar-refractivity contribution in [3.63, 3.8) is 0 Å². The van der Waals surface area contributed by atoms with Crippen LogP contribution in [0.5, 0.6) is 0 Å². The van der Waals surface area contributed by atoms with Gasteiger partial charge in [-0.25, -0.2) is 4.79 Å². The minimum atomic E-state index is -0.605. The molecule has 8 nitrogen and oxygen atoms in total. The fourth-order valence-corrected chi connectivity index (χ4v) is 6.23. The molecule has 0 unspecified atom stereocenters. The Bertz CT molecular complexity index is 1170. The summed E-state index contributed by atoms with van der Waals surface area (Å²) in [6.45, 7) is 6.64. The maximum Gasteiger partial charge on any atom is 0.315 e. The molecular weight excluding hydrogens is 490 g/mol. The number of hydrogen-bond donors (Lipinski definition) is 3. The first kappa shape index (κ1) is 27.2. The highest BCUT2D eigenvalue weighted by Crippen LogP contribution is 2.43. The lowest BCUT2D eigenvalue weighted by Crippen LogP contribution is -2.56. The van der Waals surface area contributed by atoms with E-state index in [9.17, 15) is 14.4 Å². The second-order valence-corrected chi connectivity index (χ2v) is 11.6. The van der Waals surface area contributed by atoms with E-state index in [0.29, 0.717) is 45.3 Å². The molecule has 3 aliphatic rings. The second kappa shape index (κ2) is 11.8. The summed E-state index contributed by atoms with van der Waals surface area (Å²) in [5.41, 5.74) is 2.66. The Labute approximate surface area is 231 Å². The Kier molecular flexibility index (Phi) is 8.21. The van der Waals surface area contributed by atoms with Gasteiger partial charge in [0.15, 0.2) is 0 Å². The van der Waals surface area contributed by atoms with Crippen LogP contribution in [0.25, 0.3) is 0 Å². The van der Waals surface area contributed by atoms with E-state index in [2.05, 4.69) is 16.0 Å². The van der Waals surface area contributed by atoms with E-state index in [1.807, 2.05) is 78.2 Å².